The number of aryl methyl sites for hydroxylation is 2. The fraction of sp³-hybridized carbons (Fsp3) is 0.360. The predicted octanol–water partition coefficient (Wildman–Crippen LogP) is 4.12. The number of aromatic nitrogens is 2. The minimum atomic E-state index is -0.603. The number of fused-ring (bicyclic) bond motifs is 2. The van der Waals surface area contributed by atoms with E-state index in [2.05, 4.69) is 4.98 Å². The van der Waals surface area contributed by atoms with E-state index in [1.165, 1.54) is 0 Å². The summed E-state index contributed by atoms with van der Waals surface area (Å²) in [6.45, 7) is 2.40. The lowest BCUT2D eigenvalue weighted by atomic mass is 10.1. The number of carbonyl (C=O) groups excluding carboxylic acids is 2. The third kappa shape index (κ3) is 4.58. The summed E-state index contributed by atoms with van der Waals surface area (Å²) >= 11 is 0. The number of benzene rings is 2. The number of Topliss-reactive ketones (excluding diaryl/α,β-unsaturated/α-hetero) is 1. The zero-order chi connectivity index (χ0) is 21.8. The highest BCUT2D eigenvalue weighted by Crippen LogP contribution is 2.17. The molecule has 0 aliphatic carbocycles. The van der Waals surface area contributed by atoms with Crippen LogP contribution in [0.3, 0.4) is 0 Å². The van der Waals surface area contributed by atoms with E-state index in [0.717, 1.165) is 49.9 Å². The second-order valence-corrected chi connectivity index (χ2v) is 7.93. The van der Waals surface area contributed by atoms with Gasteiger partial charge in [0, 0.05) is 18.5 Å². The van der Waals surface area contributed by atoms with Crippen LogP contribution in [0.1, 0.15) is 64.7 Å². The van der Waals surface area contributed by atoms with Gasteiger partial charge >= 0.3 is 5.97 Å². The number of nitrogens with zero attached hydrogens (tertiary/aromatic N) is 2. The van der Waals surface area contributed by atoms with Gasteiger partial charge in [-0.15, -0.1) is 0 Å². The number of esters is 1. The molecule has 0 saturated carbocycles. The van der Waals surface area contributed by atoms with Gasteiger partial charge in [-0.2, -0.15) is 0 Å². The highest BCUT2D eigenvalue weighted by Gasteiger charge is 2.16. The fourth-order valence-electron chi connectivity index (χ4n) is 3.95. The average molecular weight is 418 g/mol. The van der Waals surface area contributed by atoms with Crippen molar-refractivity contribution in [1.82, 2.24) is 9.55 Å². The van der Waals surface area contributed by atoms with Gasteiger partial charge in [-0.3, -0.25) is 14.2 Å². The molecule has 0 fully saturated rings. The molecular formula is C25H26N2O4. The molecule has 31 heavy (non-hydrogen) atoms. The second kappa shape index (κ2) is 9.25. The minimum Gasteiger partial charge on any atom is -0.454 e. The number of ether oxygens (including phenoxy) is 1. The standard InChI is InChI=1S/C25H26N2O4/c1-2-17-8-10-18(11-9-17)22(28)16-31-25(30)19-12-13-20-21(15-19)26-23-7-5-3-4-6-14-27(23)24(20)29/h8-13,15H,2-7,14,16H2,1H3. The molecule has 6 nitrogen and oxygen atoms in total. The first kappa shape index (κ1) is 21.0. The van der Waals surface area contributed by atoms with Gasteiger partial charge in [0.1, 0.15) is 5.82 Å². The molecule has 0 amide bonds. The van der Waals surface area contributed by atoms with Gasteiger partial charge in [0.25, 0.3) is 5.56 Å². The van der Waals surface area contributed by atoms with Gasteiger partial charge in [0.05, 0.1) is 16.5 Å². The summed E-state index contributed by atoms with van der Waals surface area (Å²) < 4.78 is 7.00. The van der Waals surface area contributed by atoms with Crippen molar-refractivity contribution in [1.29, 1.82) is 0 Å². The first-order chi connectivity index (χ1) is 15.1. The second-order valence-electron chi connectivity index (χ2n) is 7.93. The molecule has 1 aromatic heterocycles. The highest BCUT2D eigenvalue weighted by molar-refractivity contribution is 6.00. The van der Waals surface area contributed by atoms with Crippen LogP contribution in [0.25, 0.3) is 10.9 Å². The molecule has 1 aliphatic rings. The van der Waals surface area contributed by atoms with E-state index in [-0.39, 0.29) is 23.5 Å². The largest absolute Gasteiger partial charge is 0.454 e. The molecule has 0 radical (unpaired) electrons. The molecule has 160 valence electrons. The third-order valence-corrected chi connectivity index (χ3v) is 5.82. The van der Waals surface area contributed by atoms with Crippen LogP contribution in [0.2, 0.25) is 0 Å². The summed E-state index contributed by atoms with van der Waals surface area (Å²) in [5.41, 5.74) is 2.36. The highest BCUT2D eigenvalue weighted by atomic mass is 16.5. The minimum absolute atomic E-state index is 0.0625. The van der Waals surface area contributed by atoms with Crippen LogP contribution in [0.5, 0.6) is 0 Å². The van der Waals surface area contributed by atoms with Gasteiger partial charge in [0.2, 0.25) is 0 Å². The van der Waals surface area contributed by atoms with Crippen molar-refractivity contribution in [3.63, 3.8) is 0 Å². The Morgan fingerprint density at radius 3 is 2.52 bits per heavy atom. The number of rotatable bonds is 5. The number of hydrogen-bond donors (Lipinski definition) is 0. The normalized spacial score (nSPS) is 13.8. The number of ketones is 1. The Kier molecular flexibility index (Phi) is 6.26. The predicted molar refractivity (Wildman–Crippen MR) is 119 cm³/mol. The van der Waals surface area contributed by atoms with E-state index in [1.807, 2.05) is 19.1 Å². The molecule has 0 bridgehead atoms. The average Bonchev–Trinajstić information content (AvgIpc) is 2.78. The van der Waals surface area contributed by atoms with Crippen LogP contribution in [-0.2, 0) is 24.1 Å². The van der Waals surface area contributed by atoms with Crippen LogP contribution in [0.4, 0.5) is 0 Å². The monoisotopic (exact) mass is 418 g/mol. The van der Waals surface area contributed by atoms with E-state index in [0.29, 0.717) is 23.0 Å². The van der Waals surface area contributed by atoms with E-state index < -0.39 is 5.97 Å². The summed E-state index contributed by atoms with van der Waals surface area (Å²) in [6, 6.07) is 12.1. The molecule has 0 N–H and O–H groups in total. The van der Waals surface area contributed by atoms with E-state index in [9.17, 15) is 14.4 Å². The van der Waals surface area contributed by atoms with Gasteiger partial charge in [-0.05, 0) is 43.0 Å². The van der Waals surface area contributed by atoms with Crippen molar-refractivity contribution in [2.45, 2.75) is 52.0 Å². The summed E-state index contributed by atoms with van der Waals surface area (Å²) in [4.78, 5) is 42.4. The Hall–Kier alpha value is -3.28. The van der Waals surface area contributed by atoms with Crippen molar-refractivity contribution in [2.24, 2.45) is 0 Å². The summed E-state index contributed by atoms with van der Waals surface area (Å²) in [5, 5.41) is 0.493. The summed E-state index contributed by atoms with van der Waals surface area (Å²) in [5.74, 6) is -0.0861. The summed E-state index contributed by atoms with van der Waals surface area (Å²) in [7, 11) is 0. The first-order valence-corrected chi connectivity index (χ1v) is 10.9. The molecule has 1 aliphatic heterocycles. The topological polar surface area (TPSA) is 78.3 Å². The molecule has 0 unspecified atom stereocenters. The Bertz CT molecular complexity index is 1180. The SMILES string of the molecule is CCc1ccc(C(=O)COC(=O)c2ccc3c(=O)n4c(nc3c2)CCCCCC4)cc1. The zero-order valence-electron chi connectivity index (χ0n) is 17.7. The number of hydrogen-bond acceptors (Lipinski definition) is 5. The Morgan fingerprint density at radius 1 is 1.00 bits per heavy atom. The zero-order valence-corrected chi connectivity index (χ0v) is 17.7. The maximum atomic E-state index is 12.9. The van der Waals surface area contributed by atoms with Crippen LogP contribution in [0, 0.1) is 0 Å². The molecule has 0 atom stereocenters. The van der Waals surface area contributed by atoms with Crippen molar-refractivity contribution < 1.29 is 14.3 Å². The van der Waals surface area contributed by atoms with Crippen LogP contribution < -0.4 is 5.56 Å². The van der Waals surface area contributed by atoms with Crippen molar-refractivity contribution in [3.8, 4) is 0 Å². The maximum Gasteiger partial charge on any atom is 0.338 e. The fourth-order valence-corrected chi connectivity index (χ4v) is 3.95. The quantitative estimate of drug-likeness (QED) is 0.460. The van der Waals surface area contributed by atoms with Crippen molar-refractivity contribution in [2.75, 3.05) is 6.61 Å². The third-order valence-electron chi connectivity index (χ3n) is 5.82. The first-order valence-electron chi connectivity index (χ1n) is 10.9. The molecule has 2 aromatic carbocycles. The van der Waals surface area contributed by atoms with Crippen molar-refractivity contribution in [3.05, 3.63) is 75.3 Å². The van der Waals surface area contributed by atoms with Crippen LogP contribution >= 0.6 is 0 Å². The Morgan fingerprint density at radius 2 is 1.74 bits per heavy atom. The lowest BCUT2D eigenvalue weighted by Crippen LogP contribution is -2.26. The number of carbonyl (C=O) groups is 2. The Labute approximate surface area is 180 Å². The van der Waals surface area contributed by atoms with Gasteiger partial charge in [-0.1, -0.05) is 44.0 Å². The van der Waals surface area contributed by atoms with Crippen molar-refractivity contribution >= 4 is 22.7 Å². The Balaban J connectivity index is 1.52. The maximum absolute atomic E-state index is 12.9. The smallest absolute Gasteiger partial charge is 0.338 e. The van der Waals surface area contributed by atoms with E-state index >= 15 is 0 Å². The molecule has 4 rings (SSSR count). The molecule has 6 heteroatoms. The van der Waals surface area contributed by atoms with Crippen LogP contribution in [-0.4, -0.2) is 27.9 Å². The van der Waals surface area contributed by atoms with E-state index in [4.69, 9.17) is 4.74 Å². The van der Waals surface area contributed by atoms with Crippen LogP contribution in [0.15, 0.2) is 47.3 Å². The van der Waals surface area contributed by atoms with Gasteiger partial charge in [-0.25, -0.2) is 9.78 Å². The molecule has 0 spiro atoms. The lowest BCUT2D eigenvalue weighted by molar-refractivity contribution is 0.0475. The summed E-state index contributed by atoms with van der Waals surface area (Å²) in [6.07, 6.45) is 5.88. The molecule has 3 aromatic rings. The molecular weight excluding hydrogens is 392 g/mol. The van der Waals surface area contributed by atoms with E-state index in [1.54, 1.807) is 34.9 Å². The molecule has 2 heterocycles. The molecule has 0 saturated heterocycles. The van der Waals surface area contributed by atoms with Gasteiger partial charge in [0.15, 0.2) is 12.4 Å². The lowest BCUT2D eigenvalue weighted by Gasteiger charge is -2.16. The van der Waals surface area contributed by atoms with Gasteiger partial charge < -0.3 is 4.74 Å².